The zero-order valence-electron chi connectivity index (χ0n) is 5.58. The molecule has 1 aliphatic carbocycles. The first-order valence-corrected chi connectivity index (χ1v) is 3.60. The van der Waals surface area contributed by atoms with Crippen molar-refractivity contribution in [1.82, 2.24) is 0 Å². The Hall–Kier alpha value is -0.0800. The molecular weight excluding hydrogens is 116 g/mol. The molecule has 1 fully saturated rings. The molecule has 0 spiro atoms. The standard InChI is InChI=1S/C7H14O2/c8-3-1-6-5-7(6)2-4-9/h6-9H,1-5H2/t6-,7-/m1/s1. The molecule has 9 heavy (non-hydrogen) atoms. The first-order chi connectivity index (χ1) is 4.38. The topological polar surface area (TPSA) is 40.5 Å². The lowest BCUT2D eigenvalue weighted by atomic mass is 10.2. The molecule has 0 aromatic carbocycles. The summed E-state index contributed by atoms with van der Waals surface area (Å²) in [6.07, 6.45) is 3.09. The fourth-order valence-electron chi connectivity index (χ4n) is 1.35. The lowest BCUT2D eigenvalue weighted by Crippen LogP contribution is -1.90. The second-order valence-electron chi connectivity index (χ2n) is 2.78. The minimum Gasteiger partial charge on any atom is -0.396 e. The van der Waals surface area contributed by atoms with Crippen LogP contribution in [0.3, 0.4) is 0 Å². The first kappa shape index (κ1) is 7.03. The van der Waals surface area contributed by atoms with Crippen molar-refractivity contribution in [3.8, 4) is 0 Å². The van der Waals surface area contributed by atoms with Crippen LogP contribution in [0.25, 0.3) is 0 Å². The van der Waals surface area contributed by atoms with Gasteiger partial charge in [-0.25, -0.2) is 0 Å². The van der Waals surface area contributed by atoms with E-state index >= 15 is 0 Å². The Kier molecular flexibility index (Phi) is 2.49. The zero-order chi connectivity index (χ0) is 6.69. The average Bonchev–Trinajstić information content (AvgIpc) is 2.50. The third kappa shape index (κ3) is 1.95. The Labute approximate surface area is 55.5 Å². The molecule has 0 aliphatic heterocycles. The number of rotatable bonds is 4. The predicted octanol–water partition coefficient (Wildman–Crippen LogP) is 0.387. The fraction of sp³-hybridized carbons (Fsp3) is 1.00. The zero-order valence-corrected chi connectivity index (χ0v) is 5.58. The SMILES string of the molecule is OCC[C@@H]1C[C@H]1CCO. The Bertz CT molecular complexity index is 73.0. The highest BCUT2D eigenvalue weighted by molar-refractivity contribution is 4.85. The van der Waals surface area contributed by atoms with E-state index in [1.165, 1.54) is 6.42 Å². The average molecular weight is 130 g/mol. The lowest BCUT2D eigenvalue weighted by molar-refractivity contribution is 0.260. The van der Waals surface area contributed by atoms with Crippen LogP contribution in [0.15, 0.2) is 0 Å². The monoisotopic (exact) mass is 130 g/mol. The quantitative estimate of drug-likeness (QED) is 0.578. The van der Waals surface area contributed by atoms with Crippen molar-refractivity contribution in [3.63, 3.8) is 0 Å². The van der Waals surface area contributed by atoms with E-state index in [2.05, 4.69) is 0 Å². The maximum atomic E-state index is 8.50. The van der Waals surface area contributed by atoms with Gasteiger partial charge in [-0.15, -0.1) is 0 Å². The molecule has 0 saturated heterocycles. The van der Waals surface area contributed by atoms with Crippen molar-refractivity contribution in [1.29, 1.82) is 0 Å². The van der Waals surface area contributed by atoms with Crippen LogP contribution in [0.5, 0.6) is 0 Å². The van der Waals surface area contributed by atoms with Crippen LogP contribution < -0.4 is 0 Å². The van der Waals surface area contributed by atoms with E-state index in [4.69, 9.17) is 10.2 Å². The highest BCUT2D eigenvalue weighted by atomic mass is 16.3. The molecule has 0 aromatic rings. The fourth-order valence-corrected chi connectivity index (χ4v) is 1.35. The molecule has 1 saturated carbocycles. The molecule has 0 radical (unpaired) electrons. The van der Waals surface area contributed by atoms with Gasteiger partial charge in [-0.2, -0.15) is 0 Å². The summed E-state index contributed by atoms with van der Waals surface area (Å²) in [5.41, 5.74) is 0. The second kappa shape index (κ2) is 3.18. The van der Waals surface area contributed by atoms with E-state index in [1.807, 2.05) is 0 Å². The third-order valence-corrected chi connectivity index (χ3v) is 2.07. The van der Waals surface area contributed by atoms with Crippen molar-refractivity contribution < 1.29 is 10.2 Å². The van der Waals surface area contributed by atoms with Crippen LogP contribution in [0, 0.1) is 11.8 Å². The summed E-state index contributed by atoms with van der Waals surface area (Å²) in [4.78, 5) is 0. The van der Waals surface area contributed by atoms with E-state index < -0.39 is 0 Å². The maximum Gasteiger partial charge on any atom is 0.0433 e. The predicted molar refractivity (Wildman–Crippen MR) is 35.0 cm³/mol. The van der Waals surface area contributed by atoms with Gasteiger partial charge in [-0.3, -0.25) is 0 Å². The van der Waals surface area contributed by atoms with Gasteiger partial charge in [-0.1, -0.05) is 0 Å². The summed E-state index contributed by atoms with van der Waals surface area (Å²) in [6.45, 7) is 0.624. The Morgan fingerprint density at radius 3 is 1.78 bits per heavy atom. The van der Waals surface area contributed by atoms with Gasteiger partial charge in [0.1, 0.15) is 0 Å². The first-order valence-electron chi connectivity index (χ1n) is 3.60. The second-order valence-corrected chi connectivity index (χ2v) is 2.78. The molecule has 0 heterocycles. The molecule has 1 aliphatic rings. The minimum atomic E-state index is 0.312. The minimum absolute atomic E-state index is 0.312. The Balaban J connectivity index is 1.96. The van der Waals surface area contributed by atoms with Crippen molar-refractivity contribution in [2.75, 3.05) is 13.2 Å². The smallest absolute Gasteiger partial charge is 0.0433 e. The van der Waals surface area contributed by atoms with E-state index in [1.54, 1.807) is 0 Å². The van der Waals surface area contributed by atoms with E-state index in [9.17, 15) is 0 Å². The van der Waals surface area contributed by atoms with E-state index in [-0.39, 0.29) is 0 Å². The molecule has 2 heteroatoms. The summed E-state index contributed by atoms with van der Waals surface area (Å²) < 4.78 is 0. The molecule has 2 N–H and O–H groups in total. The van der Waals surface area contributed by atoms with Gasteiger partial charge in [0, 0.05) is 13.2 Å². The largest absolute Gasteiger partial charge is 0.396 e. The van der Waals surface area contributed by atoms with Gasteiger partial charge in [0.2, 0.25) is 0 Å². The van der Waals surface area contributed by atoms with Crippen molar-refractivity contribution >= 4 is 0 Å². The molecule has 0 bridgehead atoms. The van der Waals surface area contributed by atoms with Crippen LogP contribution in [-0.4, -0.2) is 23.4 Å². The van der Waals surface area contributed by atoms with E-state index in [0.29, 0.717) is 13.2 Å². The Morgan fingerprint density at radius 1 is 1.00 bits per heavy atom. The van der Waals surface area contributed by atoms with Crippen molar-refractivity contribution in [3.05, 3.63) is 0 Å². The summed E-state index contributed by atoms with van der Waals surface area (Å²) in [6, 6.07) is 0. The third-order valence-electron chi connectivity index (χ3n) is 2.07. The highest BCUT2D eigenvalue weighted by Crippen LogP contribution is 2.43. The van der Waals surface area contributed by atoms with Crippen LogP contribution in [0.1, 0.15) is 19.3 Å². The molecule has 0 amide bonds. The molecule has 2 nitrogen and oxygen atoms in total. The van der Waals surface area contributed by atoms with E-state index in [0.717, 1.165) is 24.7 Å². The number of aliphatic hydroxyl groups is 2. The molecule has 2 atom stereocenters. The summed E-state index contributed by atoms with van der Waals surface area (Å²) in [5.74, 6) is 1.45. The summed E-state index contributed by atoms with van der Waals surface area (Å²) in [7, 11) is 0. The normalized spacial score (nSPS) is 32.7. The van der Waals surface area contributed by atoms with Crippen molar-refractivity contribution in [2.24, 2.45) is 11.8 Å². The van der Waals surface area contributed by atoms with Crippen LogP contribution in [-0.2, 0) is 0 Å². The molecule has 0 unspecified atom stereocenters. The highest BCUT2D eigenvalue weighted by Gasteiger charge is 2.34. The number of hydrogen-bond acceptors (Lipinski definition) is 2. The van der Waals surface area contributed by atoms with Gasteiger partial charge in [-0.05, 0) is 31.1 Å². The van der Waals surface area contributed by atoms with Gasteiger partial charge < -0.3 is 10.2 Å². The summed E-state index contributed by atoms with van der Waals surface area (Å²) in [5, 5.41) is 17.0. The van der Waals surface area contributed by atoms with Crippen LogP contribution in [0.2, 0.25) is 0 Å². The van der Waals surface area contributed by atoms with Gasteiger partial charge >= 0.3 is 0 Å². The Morgan fingerprint density at radius 2 is 1.44 bits per heavy atom. The molecule has 1 rings (SSSR count). The summed E-state index contributed by atoms with van der Waals surface area (Å²) >= 11 is 0. The van der Waals surface area contributed by atoms with Crippen LogP contribution >= 0.6 is 0 Å². The number of aliphatic hydroxyl groups excluding tert-OH is 2. The lowest BCUT2D eigenvalue weighted by Gasteiger charge is -1.92. The maximum absolute atomic E-state index is 8.50. The van der Waals surface area contributed by atoms with Crippen molar-refractivity contribution in [2.45, 2.75) is 19.3 Å². The molecular formula is C7H14O2. The van der Waals surface area contributed by atoms with Gasteiger partial charge in [0.25, 0.3) is 0 Å². The van der Waals surface area contributed by atoms with Gasteiger partial charge in [0.15, 0.2) is 0 Å². The molecule has 0 aromatic heterocycles. The number of hydrogen-bond donors (Lipinski definition) is 2. The van der Waals surface area contributed by atoms with Gasteiger partial charge in [0.05, 0.1) is 0 Å². The van der Waals surface area contributed by atoms with Crippen LogP contribution in [0.4, 0.5) is 0 Å². The molecule has 54 valence electrons.